The molecular weight excluding hydrogens is 266 g/mol. The molecule has 0 aliphatic rings. The summed E-state index contributed by atoms with van der Waals surface area (Å²) in [6, 6.07) is 18.1. The Morgan fingerprint density at radius 1 is 1.00 bits per heavy atom. The van der Waals surface area contributed by atoms with Crippen LogP contribution in [0.5, 0.6) is 0 Å². The van der Waals surface area contributed by atoms with Crippen molar-refractivity contribution in [2.45, 2.75) is 25.2 Å². The largest absolute Gasteiger partial charge is 0.459 e. The molecule has 0 bridgehead atoms. The van der Waals surface area contributed by atoms with Gasteiger partial charge in [-0.15, -0.1) is 0 Å². The van der Waals surface area contributed by atoms with Crippen LogP contribution in [0.2, 0.25) is 0 Å². The fourth-order valence-electron chi connectivity index (χ4n) is 1.99. The van der Waals surface area contributed by atoms with E-state index in [2.05, 4.69) is 0 Å². The van der Waals surface area contributed by atoms with E-state index in [-0.39, 0.29) is 6.61 Å². The van der Waals surface area contributed by atoms with Crippen molar-refractivity contribution in [1.29, 1.82) is 0 Å². The van der Waals surface area contributed by atoms with Gasteiger partial charge in [-0.05, 0) is 17.5 Å². The predicted molar refractivity (Wildman–Crippen MR) is 80.4 cm³/mol. The lowest BCUT2D eigenvalue weighted by Gasteiger charge is -2.17. The molecule has 4 heteroatoms. The highest BCUT2D eigenvalue weighted by atomic mass is 16.5. The van der Waals surface area contributed by atoms with Gasteiger partial charge in [-0.2, -0.15) is 0 Å². The quantitative estimate of drug-likeness (QED) is 0.792. The summed E-state index contributed by atoms with van der Waals surface area (Å²) in [5, 5.41) is 9.93. The minimum absolute atomic E-state index is 0.134. The van der Waals surface area contributed by atoms with E-state index in [1.807, 2.05) is 60.7 Å². The number of esters is 1. The van der Waals surface area contributed by atoms with Crippen molar-refractivity contribution < 1.29 is 14.6 Å². The number of benzene rings is 2. The van der Waals surface area contributed by atoms with Gasteiger partial charge in [-0.3, -0.25) is 0 Å². The van der Waals surface area contributed by atoms with Gasteiger partial charge >= 0.3 is 5.97 Å². The highest BCUT2D eigenvalue weighted by Gasteiger charge is 2.24. The van der Waals surface area contributed by atoms with Crippen molar-refractivity contribution in [2.24, 2.45) is 5.73 Å². The number of rotatable bonds is 6. The van der Waals surface area contributed by atoms with Crippen LogP contribution in [-0.2, 0) is 22.6 Å². The third kappa shape index (κ3) is 4.70. The molecule has 2 rings (SSSR count). The summed E-state index contributed by atoms with van der Waals surface area (Å²) in [5.74, 6) is -0.692. The zero-order valence-corrected chi connectivity index (χ0v) is 11.7. The topological polar surface area (TPSA) is 72.5 Å². The summed E-state index contributed by atoms with van der Waals surface area (Å²) in [7, 11) is 0. The Morgan fingerprint density at radius 2 is 1.52 bits per heavy atom. The van der Waals surface area contributed by atoms with E-state index < -0.39 is 18.1 Å². The van der Waals surface area contributed by atoms with Gasteiger partial charge in [0, 0.05) is 6.04 Å². The summed E-state index contributed by atoms with van der Waals surface area (Å²) in [4.78, 5) is 11.8. The molecular formula is C17H19NO3. The molecule has 4 nitrogen and oxygen atoms in total. The lowest BCUT2D eigenvalue weighted by Crippen LogP contribution is -2.42. The van der Waals surface area contributed by atoms with Crippen LogP contribution in [0.4, 0.5) is 0 Å². The van der Waals surface area contributed by atoms with Gasteiger partial charge in [0.25, 0.3) is 0 Å². The molecule has 21 heavy (non-hydrogen) atoms. The monoisotopic (exact) mass is 285 g/mol. The Balaban J connectivity index is 1.84. The smallest absolute Gasteiger partial charge is 0.336 e. The van der Waals surface area contributed by atoms with Crippen LogP contribution in [0.15, 0.2) is 60.7 Å². The van der Waals surface area contributed by atoms with Crippen LogP contribution in [0.25, 0.3) is 0 Å². The Hall–Kier alpha value is -2.17. The minimum atomic E-state index is -1.33. The molecule has 2 atom stereocenters. The van der Waals surface area contributed by atoms with Crippen molar-refractivity contribution in [3.8, 4) is 0 Å². The number of carbonyl (C=O) groups excluding carboxylic acids is 1. The Bertz CT molecular complexity index is 557. The van der Waals surface area contributed by atoms with E-state index in [0.29, 0.717) is 6.42 Å². The first kappa shape index (κ1) is 15.2. The number of hydrogen-bond donors (Lipinski definition) is 2. The number of aliphatic hydroxyl groups excluding tert-OH is 1. The third-order valence-electron chi connectivity index (χ3n) is 3.19. The van der Waals surface area contributed by atoms with Crippen LogP contribution >= 0.6 is 0 Å². The van der Waals surface area contributed by atoms with E-state index in [9.17, 15) is 9.90 Å². The molecule has 2 aromatic rings. The lowest BCUT2D eigenvalue weighted by molar-refractivity contribution is -0.156. The average Bonchev–Trinajstić information content (AvgIpc) is 2.53. The van der Waals surface area contributed by atoms with E-state index in [1.165, 1.54) is 0 Å². The van der Waals surface area contributed by atoms with E-state index in [1.54, 1.807) is 0 Å². The van der Waals surface area contributed by atoms with E-state index in [0.717, 1.165) is 11.1 Å². The molecule has 2 aromatic carbocycles. The van der Waals surface area contributed by atoms with Gasteiger partial charge in [0.15, 0.2) is 6.10 Å². The van der Waals surface area contributed by atoms with E-state index >= 15 is 0 Å². The summed E-state index contributed by atoms with van der Waals surface area (Å²) in [5.41, 5.74) is 7.71. The average molecular weight is 285 g/mol. The molecule has 0 spiro atoms. The number of aliphatic hydroxyl groups is 1. The maximum absolute atomic E-state index is 11.8. The SMILES string of the molecule is N[C@H](Cc1ccccc1)[C@H](O)C(=O)OCc1ccccc1. The molecule has 0 aliphatic carbocycles. The first-order valence-corrected chi connectivity index (χ1v) is 6.85. The molecule has 110 valence electrons. The molecule has 0 aromatic heterocycles. The molecule has 0 radical (unpaired) electrons. The maximum atomic E-state index is 11.8. The molecule has 0 saturated carbocycles. The maximum Gasteiger partial charge on any atom is 0.336 e. The molecule has 0 heterocycles. The normalized spacial score (nSPS) is 13.4. The Kier molecular flexibility index (Phi) is 5.49. The fraction of sp³-hybridized carbons (Fsp3) is 0.235. The third-order valence-corrected chi connectivity index (χ3v) is 3.19. The van der Waals surface area contributed by atoms with Gasteiger partial charge < -0.3 is 15.6 Å². The molecule has 0 aliphatic heterocycles. The van der Waals surface area contributed by atoms with Crippen molar-refractivity contribution in [1.82, 2.24) is 0 Å². The van der Waals surface area contributed by atoms with Crippen LogP contribution in [0.3, 0.4) is 0 Å². The van der Waals surface area contributed by atoms with Gasteiger partial charge in [0.05, 0.1) is 0 Å². The van der Waals surface area contributed by atoms with Gasteiger partial charge in [0.1, 0.15) is 6.61 Å². The predicted octanol–water partition coefficient (Wildman–Crippen LogP) is 1.66. The van der Waals surface area contributed by atoms with Crippen LogP contribution in [0.1, 0.15) is 11.1 Å². The molecule has 3 N–H and O–H groups in total. The van der Waals surface area contributed by atoms with Crippen LogP contribution < -0.4 is 5.73 Å². The van der Waals surface area contributed by atoms with Crippen molar-refractivity contribution in [3.05, 3.63) is 71.8 Å². The molecule has 0 amide bonds. The lowest BCUT2D eigenvalue weighted by atomic mass is 10.0. The summed E-state index contributed by atoms with van der Waals surface area (Å²) < 4.78 is 5.08. The van der Waals surface area contributed by atoms with Crippen molar-refractivity contribution in [2.75, 3.05) is 0 Å². The Labute approximate surface area is 124 Å². The molecule has 0 fully saturated rings. The fourth-order valence-corrected chi connectivity index (χ4v) is 1.99. The van der Waals surface area contributed by atoms with E-state index in [4.69, 9.17) is 10.5 Å². The van der Waals surface area contributed by atoms with Crippen LogP contribution in [-0.4, -0.2) is 23.2 Å². The first-order valence-electron chi connectivity index (χ1n) is 6.85. The summed E-state index contributed by atoms with van der Waals surface area (Å²) in [6.07, 6.45) is -0.906. The number of carbonyl (C=O) groups is 1. The summed E-state index contributed by atoms with van der Waals surface area (Å²) >= 11 is 0. The number of hydrogen-bond acceptors (Lipinski definition) is 4. The van der Waals surface area contributed by atoms with Gasteiger partial charge in [0.2, 0.25) is 0 Å². The highest BCUT2D eigenvalue weighted by molar-refractivity contribution is 5.75. The zero-order valence-electron chi connectivity index (χ0n) is 11.7. The first-order chi connectivity index (χ1) is 10.2. The second-order valence-electron chi connectivity index (χ2n) is 4.89. The second-order valence-corrected chi connectivity index (χ2v) is 4.89. The highest BCUT2D eigenvalue weighted by Crippen LogP contribution is 2.07. The van der Waals surface area contributed by atoms with Crippen molar-refractivity contribution in [3.63, 3.8) is 0 Å². The van der Waals surface area contributed by atoms with Crippen molar-refractivity contribution >= 4 is 5.97 Å². The zero-order chi connectivity index (χ0) is 15.1. The minimum Gasteiger partial charge on any atom is -0.459 e. The standard InChI is InChI=1S/C17H19NO3/c18-15(11-13-7-3-1-4-8-13)16(19)17(20)21-12-14-9-5-2-6-10-14/h1-10,15-16,19H,11-12,18H2/t15-,16+/m1/s1. The molecule has 0 saturated heterocycles. The Morgan fingerprint density at radius 3 is 2.10 bits per heavy atom. The van der Waals surface area contributed by atoms with Gasteiger partial charge in [-0.25, -0.2) is 4.79 Å². The number of nitrogens with two attached hydrogens (primary N) is 1. The second kappa shape index (κ2) is 7.57. The van der Waals surface area contributed by atoms with Crippen LogP contribution in [0, 0.1) is 0 Å². The number of ether oxygens (including phenoxy) is 1. The van der Waals surface area contributed by atoms with Gasteiger partial charge in [-0.1, -0.05) is 60.7 Å². The summed E-state index contributed by atoms with van der Waals surface area (Å²) in [6.45, 7) is 0.134. The molecule has 0 unspecified atom stereocenters.